The van der Waals surface area contributed by atoms with Gasteiger partial charge in [0.2, 0.25) is 0 Å². The molecule has 0 bridgehead atoms. The number of anilines is 1. The number of nitrogens with one attached hydrogen (secondary N) is 1. The van der Waals surface area contributed by atoms with Crippen LogP contribution in [0.1, 0.15) is 21.9 Å². The molecule has 0 fully saturated rings. The van der Waals surface area contributed by atoms with E-state index in [2.05, 4.69) is 5.32 Å². The van der Waals surface area contributed by atoms with Crippen LogP contribution in [-0.2, 0) is 6.42 Å². The van der Waals surface area contributed by atoms with Crippen molar-refractivity contribution in [3.05, 3.63) is 71.7 Å². The van der Waals surface area contributed by atoms with Crippen LogP contribution in [0.4, 0.5) is 5.69 Å². The van der Waals surface area contributed by atoms with Gasteiger partial charge in [0.1, 0.15) is 23.0 Å². The summed E-state index contributed by atoms with van der Waals surface area (Å²) in [6.45, 7) is 0. The second-order valence-electron chi connectivity index (χ2n) is 5.77. The number of methoxy groups -OCH3 is 3. The predicted molar refractivity (Wildman–Crippen MR) is 102 cm³/mol. The molecule has 0 saturated heterocycles. The Labute approximate surface area is 157 Å². The Balaban J connectivity index is 1.76. The number of carbonyl (C=O) groups is 1. The van der Waals surface area contributed by atoms with E-state index in [0.29, 0.717) is 23.6 Å². The Bertz CT molecular complexity index is 932. The van der Waals surface area contributed by atoms with Crippen molar-refractivity contribution < 1.29 is 23.4 Å². The number of rotatable bonds is 7. The van der Waals surface area contributed by atoms with Crippen molar-refractivity contribution in [1.82, 2.24) is 0 Å². The average molecular weight is 367 g/mol. The van der Waals surface area contributed by atoms with Crippen LogP contribution in [0.3, 0.4) is 0 Å². The topological polar surface area (TPSA) is 69.9 Å². The molecule has 0 saturated carbocycles. The lowest BCUT2D eigenvalue weighted by molar-refractivity contribution is 0.0994. The monoisotopic (exact) mass is 367 g/mol. The number of furan rings is 1. The van der Waals surface area contributed by atoms with E-state index in [1.165, 1.54) is 0 Å². The second-order valence-corrected chi connectivity index (χ2v) is 5.77. The van der Waals surface area contributed by atoms with Crippen molar-refractivity contribution in [2.24, 2.45) is 0 Å². The quantitative estimate of drug-likeness (QED) is 0.679. The van der Waals surface area contributed by atoms with Crippen LogP contribution >= 0.6 is 0 Å². The van der Waals surface area contributed by atoms with Crippen LogP contribution < -0.4 is 19.5 Å². The molecule has 1 amide bonds. The molecule has 6 heteroatoms. The van der Waals surface area contributed by atoms with Crippen LogP contribution in [0, 0.1) is 0 Å². The van der Waals surface area contributed by atoms with Crippen LogP contribution in [0.15, 0.2) is 59.0 Å². The van der Waals surface area contributed by atoms with Gasteiger partial charge in [-0.05, 0) is 42.5 Å². The molecule has 0 atom stereocenters. The summed E-state index contributed by atoms with van der Waals surface area (Å²) in [5.41, 5.74) is 1.49. The lowest BCUT2D eigenvalue weighted by Gasteiger charge is -2.09. The first kappa shape index (κ1) is 18.4. The molecule has 6 nitrogen and oxygen atoms in total. The summed E-state index contributed by atoms with van der Waals surface area (Å²) in [5, 5.41) is 2.79. The fraction of sp³-hybridized carbons (Fsp3) is 0.190. The first-order valence-corrected chi connectivity index (χ1v) is 8.38. The number of hydrogen-bond acceptors (Lipinski definition) is 5. The zero-order valence-corrected chi connectivity index (χ0v) is 15.4. The Morgan fingerprint density at radius 3 is 2.44 bits per heavy atom. The Morgan fingerprint density at radius 1 is 0.926 bits per heavy atom. The minimum Gasteiger partial charge on any atom is -0.497 e. The van der Waals surface area contributed by atoms with Crippen molar-refractivity contribution in [1.29, 1.82) is 0 Å². The van der Waals surface area contributed by atoms with Crippen molar-refractivity contribution in [2.75, 3.05) is 26.6 Å². The van der Waals surface area contributed by atoms with Gasteiger partial charge in [-0.15, -0.1) is 0 Å². The second kappa shape index (κ2) is 8.31. The molecule has 1 aromatic heterocycles. The Kier molecular flexibility index (Phi) is 5.66. The van der Waals surface area contributed by atoms with E-state index in [1.807, 2.05) is 30.3 Å². The van der Waals surface area contributed by atoms with E-state index in [9.17, 15) is 4.79 Å². The van der Waals surface area contributed by atoms with Crippen molar-refractivity contribution in [3.8, 4) is 17.2 Å². The highest BCUT2D eigenvalue weighted by Crippen LogP contribution is 2.28. The smallest absolute Gasteiger partial charge is 0.291 e. The molecule has 140 valence electrons. The van der Waals surface area contributed by atoms with Crippen molar-refractivity contribution in [3.63, 3.8) is 0 Å². The molecule has 1 N–H and O–H groups in total. The molecule has 27 heavy (non-hydrogen) atoms. The molecule has 2 aromatic carbocycles. The molecule has 1 heterocycles. The Morgan fingerprint density at radius 2 is 1.70 bits per heavy atom. The highest BCUT2D eigenvalue weighted by Gasteiger charge is 2.15. The molecule has 0 aliphatic rings. The standard InChI is InChI=1S/C21H21NO5/c1-24-15-8-10-18(25-2)14(12-15)13-16-9-11-20(27-16)21(23)22-17-6-4-5-7-19(17)26-3/h4-12H,13H2,1-3H3,(H,22,23). The summed E-state index contributed by atoms with van der Waals surface area (Å²) in [6, 6.07) is 16.2. The van der Waals surface area contributed by atoms with E-state index < -0.39 is 0 Å². The van der Waals surface area contributed by atoms with Gasteiger partial charge in [0.15, 0.2) is 5.76 Å². The third kappa shape index (κ3) is 4.23. The number of hydrogen-bond donors (Lipinski definition) is 1. The van der Waals surface area contributed by atoms with Gasteiger partial charge in [0.05, 0.1) is 27.0 Å². The summed E-state index contributed by atoms with van der Waals surface area (Å²) in [5.74, 6) is 2.56. The fourth-order valence-electron chi connectivity index (χ4n) is 2.73. The third-order valence-corrected chi connectivity index (χ3v) is 4.09. The lowest BCUT2D eigenvalue weighted by Crippen LogP contribution is -2.11. The summed E-state index contributed by atoms with van der Waals surface area (Å²) in [4.78, 5) is 12.5. The number of amides is 1. The SMILES string of the molecule is COc1ccc(OC)c(Cc2ccc(C(=O)Nc3ccccc3OC)o2)c1. The molecular formula is C21H21NO5. The minimum absolute atomic E-state index is 0.220. The maximum atomic E-state index is 12.5. The Hall–Kier alpha value is -3.41. The van der Waals surface area contributed by atoms with E-state index in [4.69, 9.17) is 18.6 Å². The van der Waals surface area contributed by atoms with Crippen LogP contribution in [0.25, 0.3) is 0 Å². The van der Waals surface area contributed by atoms with E-state index in [0.717, 1.165) is 17.1 Å². The zero-order chi connectivity index (χ0) is 19.2. The van der Waals surface area contributed by atoms with Gasteiger partial charge in [0, 0.05) is 12.0 Å². The van der Waals surface area contributed by atoms with E-state index in [1.54, 1.807) is 45.6 Å². The maximum absolute atomic E-state index is 12.5. The maximum Gasteiger partial charge on any atom is 0.291 e. The van der Waals surface area contributed by atoms with Crippen molar-refractivity contribution >= 4 is 11.6 Å². The predicted octanol–water partition coefficient (Wildman–Crippen LogP) is 4.15. The zero-order valence-electron chi connectivity index (χ0n) is 15.4. The molecular weight excluding hydrogens is 346 g/mol. The normalized spacial score (nSPS) is 10.3. The highest BCUT2D eigenvalue weighted by molar-refractivity contribution is 6.03. The first-order valence-electron chi connectivity index (χ1n) is 8.38. The van der Waals surface area contributed by atoms with Gasteiger partial charge in [-0.3, -0.25) is 4.79 Å². The average Bonchev–Trinajstić information content (AvgIpc) is 3.17. The number of carbonyl (C=O) groups excluding carboxylic acids is 1. The summed E-state index contributed by atoms with van der Waals surface area (Å²) in [7, 11) is 4.77. The molecule has 0 unspecified atom stereocenters. The fourth-order valence-corrected chi connectivity index (χ4v) is 2.73. The molecule has 3 rings (SSSR count). The lowest BCUT2D eigenvalue weighted by atomic mass is 10.1. The number of ether oxygens (including phenoxy) is 3. The van der Waals surface area contributed by atoms with Crippen LogP contribution in [0.5, 0.6) is 17.2 Å². The van der Waals surface area contributed by atoms with Gasteiger partial charge in [0.25, 0.3) is 5.91 Å². The number of para-hydroxylation sites is 2. The summed E-state index contributed by atoms with van der Waals surface area (Å²) >= 11 is 0. The van der Waals surface area contributed by atoms with Crippen molar-refractivity contribution in [2.45, 2.75) is 6.42 Å². The molecule has 0 radical (unpaired) electrons. The van der Waals surface area contributed by atoms with Gasteiger partial charge in [-0.1, -0.05) is 12.1 Å². The third-order valence-electron chi connectivity index (χ3n) is 4.09. The van der Waals surface area contributed by atoms with Crippen LogP contribution in [-0.4, -0.2) is 27.2 Å². The summed E-state index contributed by atoms with van der Waals surface area (Å²) < 4.78 is 21.6. The number of benzene rings is 2. The molecule has 3 aromatic rings. The highest BCUT2D eigenvalue weighted by atomic mass is 16.5. The van der Waals surface area contributed by atoms with Gasteiger partial charge in [-0.2, -0.15) is 0 Å². The molecule has 0 aliphatic heterocycles. The van der Waals surface area contributed by atoms with Crippen LogP contribution in [0.2, 0.25) is 0 Å². The van der Waals surface area contributed by atoms with Gasteiger partial charge in [-0.25, -0.2) is 0 Å². The van der Waals surface area contributed by atoms with E-state index >= 15 is 0 Å². The largest absolute Gasteiger partial charge is 0.497 e. The molecule has 0 spiro atoms. The van der Waals surface area contributed by atoms with E-state index in [-0.39, 0.29) is 11.7 Å². The van der Waals surface area contributed by atoms with Gasteiger partial charge >= 0.3 is 0 Å². The first-order chi connectivity index (χ1) is 13.1. The molecule has 0 aliphatic carbocycles. The summed E-state index contributed by atoms with van der Waals surface area (Å²) in [6.07, 6.45) is 0.475. The minimum atomic E-state index is -0.344. The van der Waals surface area contributed by atoms with Gasteiger partial charge < -0.3 is 23.9 Å².